The molecular weight excluding hydrogens is 360 g/mol. The molecule has 3 heteroatoms. The van der Waals surface area contributed by atoms with Crippen LogP contribution in [0.15, 0.2) is 24.5 Å². The van der Waals surface area contributed by atoms with Gasteiger partial charge in [0.2, 0.25) is 0 Å². The summed E-state index contributed by atoms with van der Waals surface area (Å²) in [7, 11) is 0. The minimum Gasteiger partial charge on any atom is -0.495 e. The first-order chi connectivity index (χ1) is 13.4. The van der Waals surface area contributed by atoms with Crippen molar-refractivity contribution >= 4 is 5.78 Å². The Morgan fingerprint density at radius 2 is 1.97 bits per heavy atom. The van der Waals surface area contributed by atoms with E-state index in [4.69, 9.17) is 4.74 Å². The minimum absolute atomic E-state index is 0.0238. The maximum absolute atomic E-state index is 12.9. The Labute approximate surface area is 176 Å². The van der Waals surface area contributed by atoms with E-state index in [2.05, 4.69) is 53.3 Å². The molecule has 5 aliphatic carbocycles. The van der Waals surface area contributed by atoms with Gasteiger partial charge in [-0.2, -0.15) is 0 Å². The van der Waals surface area contributed by atoms with Gasteiger partial charge in [-0.15, -0.1) is 0 Å². The highest BCUT2D eigenvalue weighted by Crippen LogP contribution is 2.71. The molecule has 0 spiro atoms. The predicted octanol–water partition coefficient (Wildman–Crippen LogP) is 5.29. The van der Waals surface area contributed by atoms with Crippen molar-refractivity contribution in [3.05, 3.63) is 24.5 Å². The Balaban J connectivity index is 1.42. The number of allylic oxidation sites excluding steroid dienone is 2. The Kier molecular flexibility index (Phi) is 3.96. The molecule has 0 heterocycles. The van der Waals surface area contributed by atoms with Crippen molar-refractivity contribution in [3.8, 4) is 0 Å². The van der Waals surface area contributed by atoms with E-state index in [0.717, 1.165) is 37.9 Å². The molecular formula is C26H38O3. The first-order valence-corrected chi connectivity index (χ1v) is 11.7. The third-order valence-corrected chi connectivity index (χ3v) is 9.86. The average molecular weight is 399 g/mol. The normalized spacial score (nSPS) is 52.8. The van der Waals surface area contributed by atoms with Crippen molar-refractivity contribution in [2.45, 2.75) is 84.8 Å². The molecule has 0 bridgehead atoms. The van der Waals surface area contributed by atoms with Crippen LogP contribution in [0.25, 0.3) is 0 Å². The zero-order chi connectivity index (χ0) is 21.0. The summed E-state index contributed by atoms with van der Waals surface area (Å²) < 4.78 is 6.24. The summed E-state index contributed by atoms with van der Waals surface area (Å²) in [4.78, 5) is 12.9. The quantitative estimate of drug-likeness (QED) is 0.508. The standard InChI is InChI=1S/C26H38O3/c1-15(23(2,3)4)29-16-7-11-25(6)20-9-10-24(5)21(18-13-19(18)22(24)27)17(20)8-12-26(25,28)14-16/h8,12,16-21,28H,1,7,9-11,13-14H2,2-6H3/t16-,17?,18+,19-,20?,21?,24-,25+,26-/m0/s1. The molecule has 4 fully saturated rings. The average Bonchev–Trinajstić information content (AvgIpc) is 3.37. The lowest BCUT2D eigenvalue weighted by Gasteiger charge is -2.61. The van der Waals surface area contributed by atoms with Crippen LogP contribution < -0.4 is 0 Å². The van der Waals surface area contributed by atoms with Crippen molar-refractivity contribution in [1.29, 1.82) is 0 Å². The van der Waals surface area contributed by atoms with E-state index in [-0.39, 0.29) is 22.3 Å². The highest BCUT2D eigenvalue weighted by molar-refractivity contribution is 5.92. The first kappa shape index (κ1) is 19.8. The molecule has 160 valence electrons. The summed E-state index contributed by atoms with van der Waals surface area (Å²) in [5.41, 5.74) is -1.16. The van der Waals surface area contributed by atoms with Crippen molar-refractivity contribution in [3.63, 3.8) is 0 Å². The van der Waals surface area contributed by atoms with E-state index in [0.29, 0.717) is 41.8 Å². The van der Waals surface area contributed by atoms with E-state index in [1.165, 1.54) is 0 Å². The molecule has 3 nitrogen and oxygen atoms in total. The third kappa shape index (κ3) is 2.55. The topological polar surface area (TPSA) is 46.5 Å². The van der Waals surface area contributed by atoms with E-state index in [9.17, 15) is 9.90 Å². The van der Waals surface area contributed by atoms with Crippen molar-refractivity contribution < 1.29 is 14.6 Å². The number of rotatable bonds is 2. The van der Waals surface area contributed by atoms with Crippen LogP contribution in [0.2, 0.25) is 0 Å². The summed E-state index contributed by atoms with van der Waals surface area (Å²) in [6, 6.07) is 0. The first-order valence-electron chi connectivity index (χ1n) is 11.7. The molecule has 0 aromatic carbocycles. The molecule has 5 aliphatic rings. The van der Waals surface area contributed by atoms with Crippen LogP contribution >= 0.6 is 0 Å². The summed E-state index contributed by atoms with van der Waals surface area (Å²) in [6.45, 7) is 15.1. The molecule has 0 aromatic rings. The number of carbonyl (C=O) groups is 1. The second-order valence-corrected chi connectivity index (χ2v) is 12.4. The number of Topliss-reactive ketones (excluding diaryl/α,β-unsaturated/α-hetero) is 1. The van der Waals surface area contributed by atoms with Gasteiger partial charge in [-0.3, -0.25) is 4.79 Å². The van der Waals surface area contributed by atoms with Crippen molar-refractivity contribution in [2.24, 2.45) is 45.8 Å². The van der Waals surface area contributed by atoms with Crippen LogP contribution in [0.3, 0.4) is 0 Å². The van der Waals surface area contributed by atoms with Gasteiger partial charge in [0.15, 0.2) is 0 Å². The van der Waals surface area contributed by atoms with Gasteiger partial charge in [-0.25, -0.2) is 0 Å². The fraction of sp³-hybridized carbons (Fsp3) is 0.808. The smallest absolute Gasteiger partial charge is 0.142 e. The Hall–Kier alpha value is -1.09. The number of fused-ring (bicyclic) bond motifs is 7. The molecule has 29 heavy (non-hydrogen) atoms. The van der Waals surface area contributed by atoms with Gasteiger partial charge in [0, 0.05) is 28.6 Å². The predicted molar refractivity (Wildman–Crippen MR) is 114 cm³/mol. The Morgan fingerprint density at radius 1 is 1.24 bits per heavy atom. The zero-order valence-corrected chi connectivity index (χ0v) is 18.8. The monoisotopic (exact) mass is 398 g/mol. The van der Waals surface area contributed by atoms with Crippen LogP contribution in [-0.4, -0.2) is 22.6 Å². The third-order valence-electron chi connectivity index (χ3n) is 9.86. The molecule has 1 N–H and O–H groups in total. The van der Waals surface area contributed by atoms with Gasteiger partial charge in [-0.05, 0) is 55.8 Å². The van der Waals surface area contributed by atoms with Gasteiger partial charge in [0.05, 0.1) is 11.4 Å². The van der Waals surface area contributed by atoms with Gasteiger partial charge in [-0.1, -0.05) is 53.3 Å². The summed E-state index contributed by atoms with van der Waals surface area (Å²) in [5.74, 6) is 3.71. The minimum atomic E-state index is -0.825. The molecule has 4 saturated carbocycles. The number of hydrogen-bond donors (Lipinski definition) is 1. The number of carbonyl (C=O) groups excluding carboxylic acids is 1. The van der Waals surface area contributed by atoms with Crippen molar-refractivity contribution in [2.75, 3.05) is 0 Å². The summed E-state index contributed by atoms with van der Waals surface area (Å²) in [5, 5.41) is 11.8. The molecule has 0 aromatic heterocycles. The second kappa shape index (κ2) is 5.78. The van der Waals surface area contributed by atoms with Crippen LogP contribution in [-0.2, 0) is 9.53 Å². The van der Waals surface area contributed by atoms with Crippen LogP contribution in [0.4, 0.5) is 0 Å². The van der Waals surface area contributed by atoms with Crippen LogP contribution in [0.5, 0.6) is 0 Å². The van der Waals surface area contributed by atoms with Gasteiger partial charge < -0.3 is 9.84 Å². The molecule has 0 radical (unpaired) electrons. The number of aliphatic hydroxyl groups is 1. The highest BCUT2D eigenvalue weighted by Gasteiger charge is 2.71. The van der Waals surface area contributed by atoms with Crippen molar-refractivity contribution in [1.82, 2.24) is 0 Å². The lowest BCUT2D eigenvalue weighted by molar-refractivity contribution is -0.172. The lowest BCUT2D eigenvalue weighted by Crippen LogP contribution is -2.61. The van der Waals surface area contributed by atoms with Gasteiger partial charge >= 0.3 is 0 Å². The SMILES string of the molecule is C=C(O[C@H]1CC[C@]2(C)C3CC[C@]4(C)C(=O)[C@H]5C[C@H]5C4C3C=C[C@]2(O)C1)C(C)(C)C. The molecule has 0 aliphatic heterocycles. The fourth-order valence-electron chi connectivity index (χ4n) is 7.74. The largest absolute Gasteiger partial charge is 0.495 e. The second-order valence-electron chi connectivity index (χ2n) is 12.4. The Morgan fingerprint density at radius 3 is 2.66 bits per heavy atom. The Bertz CT molecular complexity index is 790. The maximum Gasteiger partial charge on any atom is 0.142 e. The fourth-order valence-corrected chi connectivity index (χ4v) is 7.74. The van der Waals surface area contributed by atoms with E-state index < -0.39 is 5.60 Å². The van der Waals surface area contributed by atoms with Crippen LogP contribution in [0.1, 0.15) is 73.1 Å². The van der Waals surface area contributed by atoms with Crippen LogP contribution in [0, 0.1) is 45.8 Å². The summed E-state index contributed by atoms with van der Waals surface area (Å²) >= 11 is 0. The van der Waals surface area contributed by atoms with Gasteiger partial charge in [0.25, 0.3) is 0 Å². The van der Waals surface area contributed by atoms with E-state index in [1.807, 2.05) is 0 Å². The number of ether oxygens (including phenoxy) is 1. The molecule has 9 atom stereocenters. The number of ketones is 1. The molecule has 3 unspecified atom stereocenters. The highest BCUT2D eigenvalue weighted by atomic mass is 16.5. The number of hydrogen-bond acceptors (Lipinski definition) is 3. The maximum atomic E-state index is 12.9. The zero-order valence-electron chi connectivity index (χ0n) is 18.8. The lowest BCUT2D eigenvalue weighted by atomic mass is 9.45. The van der Waals surface area contributed by atoms with E-state index in [1.54, 1.807) is 0 Å². The van der Waals surface area contributed by atoms with Gasteiger partial charge in [0.1, 0.15) is 11.9 Å². The molecule has 0 amide bonds. The summed E-state index contributed by atoms with van der Waals surface area (Å²) in [6.07, 6.45) is 10.2. The molecule has 5 rings (SSSR count). The molecule has 0 saturated heterocycles. The van der Waals surface area contributed by atoms with E-state index >= 15 is 0 Å².